The summed E-state index contributed by atoms with van der Waals surface area (Å²) >= 11 is 3.52. The van der Waals surface area contributed by atoms with Gasteiger partial charge in [-0.1, -0.05) is 59.7 Å². The lowest BCUT2D eigenvalue weighted by Gasteiger charge is -2.06. The molecule has 2 aromatic rings. The summed E-state index contributed by atoms with van der Waals surface area (Å²) in [5, 5.41) is 3.00. The summed E-state index contributed by atoms with van der Waals surface area (Å²) in [6.07, 6.45) is 0. The van der Waals surface area contributed by atoms with E-state index in [1.165, 1.54) is 22.3 Å². The predicted octanol–water partition coefficient (Wildman–Crippen LogP) is 4.59. The number of thioether (sulfide) groups is 2. The number of benzene rings is 2. The second kappa shape index (κ2) is 10.5. The average Bonchev–Trinajstić information content (AvgIpc) is 2.56. The quantitative estimate of drug-likeness (QED) is 0.664. The first-order chi connectivity index (χ1) is 11.6. The van der Waals surface area contributed by atoms with E-state index in [2.05, 4.69) is 67.7 Å². The molecule has 0 aliphatic heterocycles. The second-order valence-electron chi connectivity index (χ2n) is 5.87. The molecular weight excluding hydrogens is 334 g/mol. The molecule has 2 nitrogen and oxygen atoms in total. The molecule has 0 aromatic heterocycles. The Balaban J connectivity index is 1.52. The van der Waals surface area contributed by atoms with Gasteiger partial charge >= 0.3 is 0 Å². The van der Waals surface area contributed by atoms with Gasteiger partial charge in [-0.25, -0.2) is 0 Å². The molecule has 0 saturated heterocycles. The van der Waals surface area contributed by atoms with E-state index in [-0.39, 0.29) is 5.91 Å². The molecule has 0 unspecified atom stereocenters. The lowest BCUT2D eigenvalue weighted by atomic mass is 10.2. The summed E-state index contributed by atoms with van der Waals surface area (Å²) in [4.78, 5) is 11.8. The van der Waals surface area contributed by atoms with Crippen LogP contribution >= 0.6 is 23.5 Å². The first kappa shape index (κ1) is 18.9. The molecule has 0 aliphatic carbocycles. The minimum Gasteiger partial charge on any atom is -0.355 e. The van der Waals surface area contributed by atoms with Crippen molar-refractivity contribution < 1.29 is 4.79 Å². The van der Waals surface area contributed by atoms with Crippen molar-refractivity contribution >= 4 is 29.4 Å². The fourth-order valence-electron chi connectivity index (χ4n) is 2.25. The Morgan fingerprint density at radius 3 is 2.42 bits per heavy atom. The molecule has 0 saturated carbocycles. The van der Waals surface area contributed by atoms with Crippen LogP contribution in [0.3, 0.4) is 0 Å². The van der Waals surface area contributed by atoms with Crippen LogP contribution in [0.2, 0.25) is 0 Å². The molecule has 0 bridgehead atoms. The van der Waals surface area contributed by atoms with Gasteiger partial charge in [0.2, 0.25) is 5.91 Å². The van der Waals surface area contributed by atoms with Gasteiger partial charge in [0, 0.05) is 23.8 Å². The van der Waals surface area contributed by atoms with Crippen LogP contribution in [0.1, 0.15) is 22.3 Å². The zero-order chi connectivity index (χ0) is 17.2. The van der Waals surface area contributed by atoms with E-state index in [1.807, 2.05) is 11.8 Å². The Hall–Kier alpha value is -1.39. The highest BCUT2D eigenvalue weighted by Gasteiger charge is 2.02. The van der Waals surface area contributed by atoms with Crippen LogP contribution in [0.15, 0.2) is 48.5 Å². The van der Waals surface area contributed by atoms with Gasteiger partial charge in [-0.3, -0.25) is 4.79 Å². The summed E-state index contributed by atoms with van der Waals surface area (Å²) in [7, 11) is 0. The zero-order valence-electron chi connectivity index (χ0n) is 14.4. The van der Waals surface area contributed by atoms with Gasteiger partial charge < -0.3 is 5.32 Å². The maximum atomic E-state index is 11.8. The third kappa shape index (κ3) is 7.45. The molecule has 2 rings (SSSR count). The Bertz CT molecular complexity index is 640. The van der Waals surface area contributed by atoms with Crippen LogP contribution in [-0.4, -0.2) is 24.0 Å². The molecule has 0 radical (unpaired) electrons. The average molecular weight is 360 g/mol. The Morgan fingerprint density at radius 1 is 0.917 bits per heavy atom. The van der Waals surface area contributed by atoms with Crippen molar-refractivity contribution in [3.63, 3.8) is 0 Å². The van der Waals surface area contributed by atoms with Gasteiger partial charge in [-0.05, 0) is 25.0 Å². The van der Waals surface area contributed by atoms with Gasteiger partial charge in [0.25, 0.3) is 0 Å². The summed E-state index contributed by atoms with van der Waals surface area (Å²) < 4.78 is 0. The molecule has 1 amide bonds. The predicted molar refractivity (Wildman–Crippen MR) is 108 cm³/mol. The lowest BCUT2D eigenvalue weighted by Crippen LogP contribution is -2.27. The van der Waals surface area contributed by atoms with Crippen molar-refractivity contribution in [2.75, 3.05) is 18.1 Å². The smallest absolute Gasteiger partial charge is 0.230 e. The Labute approximate surface area is 153 Å². The molecule has 0 fully saturated rings. The fraction of sp³-hybridized carbons (Fsp3) is 0.350. The van der Waals surface area contributed by atoms with Crippen LogP contribution in [0, 0.1) is 13.8 Å². The van der Waals surface area contributed by atoms with Crippen molar-refractivity contribution in [1.29, 1.82) is 0 Å². The number of nitrogens with one attached hydrogen (secondary N) is 1. The lowest BCUT2D eigenvalue weighted by molar-refractivity contribution is -0.118. The van der Waals surface area contributed by atoms with Gasteiger partial charge in [0.05, 0.1) is 5.75 Å². The monoisotopic (exact) mass is 359 g/mol. The normalized spacial score (nSPS) is 10.6. The van der Waals surface area contributed by atoms with Crippen LogP contribution < -0.4 is 5.32 Å². The summed E-state index contributed by atoms with van der Waals surface area (Å²) in [6.45, 7) is 4.93. The molecule has 0 heterocycles. The van der Waals surface area contributed by atoms with Crippen molar-refractivity contribution in [2.24, 2.45) is 0 Å². The van der Waals surface area contributed by atoms with Crippen molar-refractivity contribution in [1.82, 2.24) is 5.32 Å². The second-order valence-corrected chi connectivity index (χ2v) is 7.96. The van der Waals surface area contributed by atoms with Gasteiger partial charge in [0.15, 0.2) is 0 Å². The van der Waals surface area contributed by atoms with E-state index in [1.54, 1.807) is 11.8 Å². The van der Waals surface area contributed by atoms with Crippen molar-refractivity contribution in [2.45, 2.75) is 25.4 Å². The topological polar surface area (TPSA) is 29.1 Å². The Kier molecular flexibility index (Phi) is 8.26. The minimum atomic E-state index is 0.128. The highest BCUT2D eigenvalue weighted by atomic mass is 32.2. The highest BCUT2D eigenvalue weighted by Crippen LogP contribution is 2.14. The molecule has 4 heteroatoms. The van der Waals surface area contributed by atoms with E-state index >= 15 is 0 Å². The zero-order valence-corrected chi connectivity index (χ0v) is 16.0. The molecule has 24 heavy (non-hydrogen) atoms. The van der Waals surface area contributed by atoms with Crippen LogP contribution in [0.4, 0.5) is 0 Å². The third-order valence-electron chi connectivity index (χ3n) is 3.54. The number of rotatable bonds is 9. The van der Waals surface area contributed by atoms with Gasteiger partial charge in [0.1, 0.15) is 0 Å². The molecule has 1 N–H and O–H groups in total. The largest absolute Gasteiger partial charge is 0.355 e. The van der Waals surface area contributed by atoms with E-state index in [0.717, 1.165) is 23.8 Å². The SMILES string of the molecule is Cc1ccc(CSCC(=O)NCCSCc2cccc(C)c2)cc1. The van der Waals surface area contributed by atoms with Crippen LogP contribution in [0.5, 0.6) is 0 Å². The third-order valence-corrected chi connectivity index (χ3v) is 5.58. The van der Waals surface area contributed by atoms with Crippen LogP contribution in [0.25, 0.3) is 0 Å². The maximum absolute atomic E-state index is 11.8. The molecule has 2 aromatic carbocycles. The number of aryl methyl sites for hydroxylation is 2. The van der Waals surface area contributed by atoms with Crippen molar-refractivity contribution in [3.8, 4) is 0 Å². The van der Waals surface area contributed by atoms with Gasteiger partial charge in [-0.15, -0.1) is 11.8 Å². The number of carbonyl (C=O) groups is 1. The standard InChI is InChI=1S/C20H25NOS2/c1-16-6-8-18(9-7-16)13-24-15-20(22)21-10-11-23-14-19-5-3-4-17(2)12-19/h3-9,12H,10-11,13-15H2,1-2H3,(H,21,22). The molecule has 128 valence electrons. The minimum absolute atomic E-state index is 0.128. The van der Waals surface area contributed by atoms with E-state index in [4.69, 9.17) is 0 Å². The first-order valence-electron chi connectivity index (χ1n) is 8.17. The summed E-state index contributed by atoms with van der Waals surface area (Å²) in [5.74, 6) is 3.48. The van der Waals surface area contributed by atoms with E-state index in [0.29, 0.717) is 5.75 Å². The maximum Gasteiger partial charge on any atom is 0.230 e. The van der Waals surface area contributed by atoms with Crippen molar-refractivity contribution in [3.05, 3.63) is 70.8 Å². The number of carbonyl (C=O) groups excluding carboxylic acids is 1. The fourth-order valence-corrected chi connectivity index (χ4v) is 3.88. The number of amides is 1. The molecule has 0 spiro atoms. The van der Waals surface area contributed by atoms with E-state index in [9.17, 15) is 4.79 Å². The number of hydrogen-bond donors (Lipinski definition) is 1. The highest BCUT2D eigenvalue weighted by molar-refractivity contribution is 7.99. The summed E-state index contributed by atoms with van der Waals surface area (Å²) in [5.41, 5.74) is 5.18. The van der Waals surface area contributed by atoms with Gasteiger partial charge in [-0.2, -0.15) is 11.8 Å². The molecular formula is C20H25NOS2. The number of hydrogen-bond acceptors (Lipinski definition) is 3. The Morgan fingerprint density at radius 2 is 1.67 bits per heavy atom. The van der Waals surface area contributed by atoms with Crippen LogP contribution in [-0.2, 0) is 16.3 Å². The molecule has 0 aliphatic rings. The molecule has 0 atom stereocenters. The van der Waals surface area contributed by atoms with E-state index < -0.39 is 0 Å². The summed E-state index contributed by atoms with van der Waals surface area (Å²) in [6, 6.07) is 17.1. The first-order valence-corrected chi connectivity index (χ1v) is 10.5.